The Bertz CT molecular complexity index is 5240. The Morgan fingerprint density at radius 3 is 1.01 bits per heavy atom. The first-order chi connectivity index (χ1) is 49.3. The molecule has 0 spiro atoms. The Balaban J connectivity index is 0.000000131. The number of rotatable bonds is 10. The van der Waals surface area contributed by atoms with Gasteiger partial charge in [0.2, 0.25) is 10.0 Å². The number of halogens is 9. The minimum Gasteiger partial charge on any atom is -0.361 e. The molecule has 4 unspecified atom stereocenters. The van der Waals surface area contributed by atoms with Gasteiger partial charge in [0.1, 0.15) is 5.82 Å². The highest BCUT2D eigenvalue weighted by Crippen LogP contribution is 2.41. The number of alkyl halides is 3. The Morgan fingerprint density at radius 1 is 0.352 bits per heavy atom. The van der Waals surface area contributed by atoms with Crippen molar-refractivity contribution >= 4 is 162 Å². The van der Waals surface area contributed by atoms with E-state index < -0.39 is 78.0 Å². The van der Waals surface area contributed by atoms with E-state index >= 15 is 0 Å². The fourth-order valence-corrected chi connectivity index (χ4v) is 20.5. The molecule has 0 radical (unpaired) electrons. The highest BCUT2D eigenvalue weighted by atomic mass is 35.5. The van der Waals surface area contributed by atoms with Crippen molar-refractivity contribution < 1.29 is 51.6 Å². The van der Waals surface area contributed by atoms with E-state index in [0.717, 1.165) is 151 Å². The number of piperidine rings is 5. The molecule has 5 aromatic heterocycles. The first kappa shape index (κ1) is 80.1. The van der Waals surface area contributed by atoms with E-state index in [0.29, 0.717) is 78.6 Å². The molecule has 4 atom stereocenters. The third kappa shape index (κ3) is 19.4. The SMILES string of the molecule is C=S(C)(=O)N1CCC(c2c[nH]c3cc(Cl)c(F)cc23)CC1.C=S(C)(=O)N1CCC(c2c[nH]c3cc(Cl)ccc23)CC1.C=S(C)(=O)N1CCC(c2c[nH]c3ccc(C(F)(F)F)cc23)CC1.C=S(C)(=O)N1CCC(c2c[nH]c3ccc(Cl)cc23)CC1.CS(=O)(=O)N1CCC(c2c[nH]c3cc(F)c(F)cc23)CC1. The number of hydrogen-bond donors (Lipinski definition) is 5. The summed E-state index contributed by atoms with van der Waals surface area (Å²) in [6.07, 6.45) is 22.1. The average molecular weight is 1610 g/mol. The fourth-order valence-electron chi connectivity index (χ4n) is 15.2. The van der Waals surface area contributed by atoms with Gasteiger partial charge in [-0.3, -0.25) is 16.8 Å². The lowest BCUT2D eigenvalue weighted by molar-refractivity contribution is -0.137. The molecule has 15 rings (SSSR count). The summed E-state index contributed by atoms with van der Waals surface area (Å²) in [5.74, 6) is 14.5. The topological polar surface area (TPSA) is 198 Å². The largest absolute Gasteiger partial charge is 0.416 e. The van der Waals surface area contributed by atoms with Crippen LogP contribution < -0.4 is 0 Å². The van der Waals surface area contributed by atoms with Gasteiger partial charge in [-0.2, -0.15) is 13.2 Å². The van der Waals surface area contributed by atoms with Crippen molar-refractivity contribution in [2.75, 3.05) is 96.7 Å². The van der Waals surface area contributed by atoms with Crippen molar-refractivity contribution in [3.63, 3.8) is 0 Å². The van der Waals surface area contributed by atoms with Gasteiger partial charge in [0, 0.05) is 231 Å². The third-order valence-corrected chi connectivity index (χ3v) is 28.9. The minimum absolute atomic E-state index is 0.133. The summed E-state index contributed by atoms with van der Waals surface area (Å²) in [5, 5.41) is 6.31. The molecular formula is C75H91Cl3F6N10O6S5. The molecule has 5 aliphatic heterocycles. The number of aromatic nitrogens is 5. The van der Waals surface area contributed by atoms with E-state index in [1.165, 1.54) is 56.7 Å². The number of nitrogens with zero attached hydrogens (tertiary/aromatic N) is 5. The lowest BCUT2D eigenvalue weighted by Gasteiger charge is -2.32. The first-order valence-corrected chi connectivity index (χ1v) is 46.0. The number of benzene rings is 5. The van der Waals surface area contributed by atoms with E-state index in [-0.39, 0.29) is 16.9 Å². The van der Waals surface area contributed by atoms with Crippen LogP contribution in [0.2, 0.25) is 15.1 Å². The quantitative estimate of drug-likeness (QED) is 0.0667. The monoisotopic (exact) mass is 1610 g/mol. The van der Waals surface area contributed by atoms with Gasteiger partial charge in [0.05, 0.1) is 16.8 Å². The number of aromatic amines is 5. The van der Waals surface area contributed by atoms with Gasteiger partial charge in [-0.25, -0.2) is 43.1 Å². The van der Waals surface area contributed by atoms with Gasteiger partial charge in [0.25, 0.3) is 0 Å². The van der Waals surface area contributed by atoms with Crippen LogP contribution in [0.5, 0.6) is 0 Å². The molecule has 105 heavy (non-hydrogen) atoms. The molecule has 0 aliphatic carbocycles. The molecule has 30 heteroatoms. The molecule has 0 saturated carbocycles. The zero-order chi connectivity index (χ0) is 75.9. The summed E-state index contributed by atoms with van der Waals surface area (Å²) in [4.78, 5) is 15.8. The maximum Gasteiger partial charge on any atom is 0.416 e. The molecule has 570 valence electrons. The van der Waals surface area contributed by atoms with Crippen molar-refractivity contribution in [3.8, 4) is 0 Å². The molecule has 5 fully saturated rings. The smallest absolute Gasteiger partial charge is 0.361 e. The Morgan fingerprint density at radius 2 is 0.638 bits per heavy atom. The van der Waals surface area contributed by atoms with Crippen molar-refractivity contribution in [3.05, 3.63) is 176 Å². The molecule has 10 aromatic rings. The molecule has 0 bridgehead atoms. The van der Waals surface area contributed by atoms with E-state index in [1.807, 2.05) is 53.7 Å². The van der Waals surface area contributed by atoms with Crippen molar-refractivity contribution in [2.24, 2.45) is 0 Å². The highest BCUT2D eigenvalue weighted by molar-refractivity contribution is 7.98. The second-order valence-corrected chi connectivity index (χ2v) is 41.6. The molecule has 10 heterocycles. The zero-order valence-corrected chi connectivity index (χ0v) is 65.7. The highest BCUT2D eigenvalue weighted by Gasteiger charge is 2.34. The van der Waals surface area contributed by atoms with Crippen LogP contribution in [-0.2, 0) is 55.0 Å². The van der Waals surface area contributed by atoms with Gasteiger partial charge in [-0.05, 0) is 212 Å². The van der Waals surface area contributed by atoms with Gasteiger partial charge >= 0.3 is 6.18 Å². The minimum atomic E-state index is -4.34. The van der Waals surface area contributed by atoms with Crippen molar-refractivity contribution in [1.82, 2.24) is 46.4 Å². The van der Waals surface area contributed by atoms with Crippen LogP contribution >= 0.6 is 34.8 Å². The van der Waals surface area contributed by atoms with E-state index in [1.54, 1.807) is 43.5 Å². The van der Waals surface area contributed by atoms with Crippen LogP contribution in [0.4, 0.5) is 26.3 Å². The Kier molecular flexibility index (Phi) is 24.7. The molecule has 5 saturated heterocycles. The van der Waals surface area contributed by atoms with Crippen LogP contribution in [0.1, 0.15) is 127 Å². The first-order valence-electron chi connectivity index (χ1n) is 34.7. The number of hydrogen-bond acceptors (Lipinski definition) is 6. The van der Waals surface area contributed by atoms with Crippen molar-refractivity contribution in [2.45, 2.75) is 100.0 Å². The zero-order valence-electron chi connectivity index (χ0n) is 59.4. The summed E-state index contributed by atoms with van der Waals surface area (Å²) in [7, 11) is -11.6. The predicted octanol–water partition coefficient (Wildman–Crippen LogP) is 16.1. The molecule has 16 nitrogen and oxygen atoms in total. The lowest BCUT2D eigenvalue weighted by atomic mass is 9.89. The molecule has 5 N–H and O–H groups in total. The van der Waals surface area contributed by atoms with E-state index in [4.69, 9.17) is 34.8 Å². The number of sulfonamides is 1. The summed E-state index contributed by atoms with van der Waals surface area (Å²) in [5.41, 5.74) is 9.36. The summed E-state index contributed by atoms with van der Waals surface area (Å²) < 4.78 is 159. The van der Waals surface area contributed by atoms with Crippen LogP contribution in [0.3, 0.4) is 0 Å². The standard InChI is InChI=1S/C16H19F3N2OS.C15H18ClFN2OS.2C15H19ClN2OS.C14H16F2N2O2S/c1-23(2,22)21-7-5-11(6-8-21)14-10-20-15-4-3-12(9-13(14)15)16(17,18)19;1-21(2,20)19-5-3-10(4-6-19)12-9-18-15-8-13(16)14(17)7-11(12)15;1-20(2,19)18-7-5-11(6-8-18)14-10-17-15-4-3-12(16)9-13(14)15;1-20(2,19)18-7-5-11(6-8-18)14-10-17-15-9-12(16)3-4-13(14)15;1-21(19,20)18-4-2-9(3-5-18)11-8-17-14-7-13(16)12(15)6-10(11)14/h3-4,9-11,20H,1,5-8H2,2H3;7-10,18H,1,3-6H2,2H3;2*3-4,9-11,17H,1,5-8H2,2H3;6-9,17H,2-5H2,1H3. The van der Waals surface area contributed by atoms with Crippen molar-refractivity contribution in [1.29, 1.82) is 0 Å². The van der Waals surface area contributed by atoms with Gasteiger partial charge < -0.3 is 24.9 Å². The van der Waals surface area contributed by atoms with Gasteiger partial charge in [0.15, 0.2) is 11.6 Å². The fraction of sp³-hybridized carbons (Fsp3) is 0.413. The number of H-pyrrole nitrogens is 5. The van der Waals surface area contributed by atoms with Crippen LogP contribution in [0.25, 0.3) is 54.5 Å². The molecule has 0 amide bonds. The summed E-state index contributed by atoms with van der Waals surface area (Å²) >= 11 is 17.9. The van der Waals surface area contributed by atoms with E-state index in [2.05, 4.69) is 66.9 Å². The lowest BCUT2D eigenvalue weighted by Crippen LogP contribution is -2.37. The molecule has 5 aromatic carbocycles. The molecule has 5 aliphatic rings. The normalized spacial score (nSPS) is 20.4. The second-order valence-electron chi connectivity index (χ2n) is 28.6. The maximum absolute atomic E-state index is 13.7. The second kappa shape index (κ2) is 32.3. The third-order valence-electron chi connectivity index (χ3n) is 21.0. The maximum atomic E-state index is 13.7. The van der Waals surface area contributed by atoms with Crippen LogP contribution in [-0.4, -0.2) is 192 Å². The number of fused-ring (bicyclic) bond motifs is 5. The summed E-state index contributed by atoms with van der Waals surface area (Å²) in [6.45, 7) is 7.11. The predicted molar refractivity (Wildman–Crippen MR) is 429 cm³/mol. The Labute approximate surface area is 627 Å². The van der Waals surface area contributed by atoms with Gasteiger partial charge in [-0.15, -0.1) is 0 Å². The van der Waals surface area contributed by atoms with Gasteiger partial charge in [-0.1, -0.05) is 40.9 Å². The van der Waals surface area contributed by atoms with Crippen LogP contribution in [0.15, 0.2) is 110 Å². The van der Waals surface area contributed by atoms with Crippen LogP contribution in [0, 0.1) is 17.5 Å². The Hall–Kier alpha value is -5.92. The molecular weight excluding hydrogens is 1520 g/mol. The van der Waals surface area contributed by atoms with E-state index in [9.17, 15) is 51.6 Å². The number of nitrogens with one attached hydrogen (secondary N) is 5. The summed E-state index contributed by atoms with van der Waals surface area (Å²) in [6, 6.07) is 21.2. The average Bonchev–Trinajstić information content (AvgIpc) is 1.70.